The zero-order valence-electron chi connectivity index (χ0n) is 16.1. The molecule has 0 radical (unpaired) electrons. The van der Waals surface area contributed by atoms with E-state index in [4.69, 9.17) is 21.3 Å². The van der Waals surface area contributed by atoms with Gasteiger partial charge < -0.3 is 15.0 Å². The highest BCUT2D eigenvalue weighted by molar-refractivity contribution is 6.31. The molecule has 1 N–H and O–H groups in total. The van der Waals surface area contributed by atoms with Gasteiger partial charge in [-0.05, 0) is 30.7 Å². The van der Waals surface area contributed by atoms with Crippen LogP contribution in [0.2, 0.25) is 5.02 Å². The summed E-state index contributed by atoms with van der Waals surface area (Å²) < 4.78 is 7.51. The Morgan fingerprint density at radius 2 is 1.86 bits per heavy atom. The highest BCUT2D eigenvalue weighted by atomic mass is 35.5. The van der Waals surface area contributed by atoms with E-state index in [-0.39, 0.29) is 11.9 Å². The van der Waals surface area contributed by atoms with Gasteiger partial charge in [-0.2, -0.15) is 0 Å². The third kappa shape index (κ3) is 2.99. The molecule has 29 heavy (non-hydrogen) atoms. The van der Waals surface area contributed by atoms with Crippen LogP contribution in [-0.4, -0.2) is 46.7 Å². The quantitative estimate of drug-likeness (QED) is 0.700. The largest absolute Gasteiger partial charge is 0.378 e. The Balaban J connectivity index is 1.72. The molecule has 0 spiro atoms. The minimum atomic E-state index is -0.359. The van der Waals surface area contributed by atoms with Gasteiger partial charge in [-0.1, -0.05) is 41.9 Å². The van der Waals surface area contributed by atoms with Gasteiger partial charge in [0.1, 0.15) is 0 Å². The van der Waals surface area contributed by atoms with Crippen LogP contribution in [0, 0.1) is 0 Å². The van der Waals surface area contributed by atoms with Crippen molar-refractivity contribution in [3.63, 3.8) is 0 Å². The number of hydrogen-bond donors (Lipinski definition) is 1. The molecule has 0 unspecified atom stereocenters. The number of allylic oxidation sites excluding steroid dienone is 1. The molecule has 148 valence electrons. The fourth-order valence-electron chi connectivity index (χ4n) is 4.17. The molecule has 1 amide bonds. The number of halogens is 1. The number of imidazole rings is 1. The lowest BCUT2D eigenvalue weighted by molar-refractivity contribution is -0.131. The molecule has 0 saturated carbocycles. The molecule has 2 aliphatic heterocycles. The maximum absolute atomic E-state index is 13.6. The minimum Gasteiger partial charge on any atom is -0.378 e. The summed E-state index contributed by atoms with van der Waals surface area (Å²) in [5, 5.41) is 3.98. The van der Waals surface area contributed by atoms with Gasteiger partial charge in [0.25, 0.3) is 5.91 Å². The monoisotopic (exact) mass is 408 g/mol. The van der Waals surface area contributed by atoms with Crippen LogP contribution in [0.5, 0.6) is 0 Å². The first-order chi connectivity index (χ1) is 14.1. The van der Waals surface area contributed by atoms with Crippen LogP contribution >= 0.6 is 11.6 Å². The zero-order valence-corrected chi connectivity index (χ0v) is 16.8. The van der Waals surface area contributed by atoms with E-state index in [0.29, 0.717) is 42.8 Å². The van der Waals surface area contributed by atoms with Crippen LogP contribution in [0.1, 0.15) is 18.5 Å². The molecule has 0 bridgehead atoms. The van der Waals surface area contributed by atoms with Gasteiger partial charge in [-0.25, -0.2) is 4.98 Å². The van der Waals surface area contributed by atoms with Crippen molar-refractivity contribution in [3.05, 3.63) is 70.4 Å². The predicted molar refractivity (Wildman–Crippen MR) is 113 cm³/mol. The van der Waals surface area contributed by atoms with Crippen molar-refractivity contribution in [2.24, 2.45) is 0 Å². The molecule has 3 heterocycles. The molecule has 2 aromatic carbocycles. The number of nitrogens with one attached hydrogen (secondary N) is 1. The highest BCUT2D eigenvalue weighted by Gasteiger charge is 2.37. The zero-order chi connectivity index (χ0) is 20.0. The number of amides is 1. The van der Waals surface area contributed by atoms with E-state index in [1.807, 2.05) is 60.4 Å². The number of carbonyl (C=O) groups excluding carboxylic acids is 1. The molecule has 7 heteroatoms. The lowest BCUT2D eigenvalue weighted by Gasteiger charge is -2.35. The molecule has 6 nitrogen and oxygen atoms in total. The van der Waals surface area contributed by atoms with Crippen LogP contribution < -0.4 is 5.32 Å². The number of aromatic nitrogens is 2. The van der Waals surface area contributed by atoms with Crippen molar-refractivity contribution >= 4 is 34.5 Å². The summed E-state index contributed by atoms with van der Waals surface area (Å²) in [6, 6.07) is 15.3. The van der Waals surface area contributed by atoms with E-state index in [1.54, 1.807) is 0 Å². The van der Waals surface area contributed by atoms with Crippen LogP contribution in [0.4, 0.5) is 5.95 Å². The van der Waals surface area contributed by atoms with Crippen molar-refractivity contribution in [2.45, 2.75) is 13.0 Å². The molecular weight excluding hydrogens is 388 g/mol. The Bertz CT molecular complexity index is 1130. The number of ether oxygens (including phenoxy) is 1. The van der Waals surface area contributed by atoms with Crippen molar-refractivity contribution in [3.8, 4) is 0 Å². The van der Waals surface area contributed by atoms with E-state index < -0.39 is 0 Å². The number of para-hydroxylation sites is 2. The summed E-state index contributed by atoms with van der Waals surface area (Å²) in [5.41, 5.74) is 4.21. The van der Waals surface area contributed by atoms with E-state index in [1.165, 1.54) is 0 Å². The van der Waals surface area contributed by atoms with E-state index in [9.17, 15) is 4.79 Å². The first kappa shape index (κ1) is 18.2. The van der Waals surface area contributed by atoms with Gasteiger partial charge in [-0.3, -0.25) is 9.36 Å². The normalized spacial score (nSPS) is 19.2. The second kappa shape index (κ2) is 7.21. The summed E-state index contributed by atoms with van der Waals surface area (Å²) in [6.45, 7) is 4.22. The van der Waals surface area contributed by atoms with Crippen LogP contribution in [0.3, 0.4) is 0 Å². The fraction of sp³-hybridized carbons (Fsp3) is 0.273. The first-order valence-electron chi connectivity index (χ1n) is 9.71. The minimum absolute atomic E-state index is 0.00616. The fourth-order valence-corrected chi connectivity index (χ4v) is 4.41. The van der Waals surface area contributed by atoms with Crippen LogP contribution in [0.15, 0.2) is 59.8 Å². The third-order valence-corrected chi connectivity index (χ3v) is 5.90. The number of hydrogen-bond acceptors (Lipinski definition) is 4. The number of anilines is 1. The molecule has 1 saturated heterocycles. The van der Waals surface area contributed by atoms with Gasteiger partial charge in [0.2, 0.25) is 5.95 Å². The van der Waals surface area contributed by atoms with Gasteiger partial charge >= 0.3 is 0 Å². The maximum Gasteiger partial charge on any atom is 0.254 e. The molecule has 0 aliphatic carbocycles. The Morgan fingerprint density at radius 3 is 2.66 bits per heavy atom. The second-order valence-corrected chi connectivity index (χ2v) is 7.69. The molecule has 3 aromatic rings. The second-order valence-electron chi connectivity index (χ2n) is 7.29. The molecular formula is C22H21ClN4O2. The van der Waals surface area contributed by atoms with E-state index in [0.717, 1.165) is 22.3 Å². The Hall–Kier alpha value is -2.83. The predicted octanol–water partition coefficient (Wildman–Crippen LogP) is 3.84. The molecule has 5 rings (SSSR count). The Labute approximate surface area is 173 Å². The van der Waals surface area contributed by atoms with Crippen molar-refractivity contribution < 1.29 is 9.53 Å². The summed E-state index contributed by atoms with van der Waals surface area (Å²) in [5.74, 6) is 0.721. The molecule has 1 atom stereocenters. The summed E-state index contributed by atoms with van der Waals surface area (Å²) >= 11 is 6.62. The van der Waals surface area contributed by atoms with Gasteiger partial charge in [0.15, 0.2) is 0 Å². The first-order valence-corrected chi connectivity index (χ1v) is 10.1. The standard InChI is InChI=1S/C22H21ClN4O2/c1-14-19(21(28)26-10-12-29-13-11-26)20(15-6-2-3-7-16(15)23)27-18-9-5-4-8-17(18)25-22(27)24-14/h2-9,20H,10-13H2,1H3,(H,24,25)/t20-/m0/s1. The lowest BCUT2D eigenvalue weighted by Crippen LogP contribution is -2.44. The van der Waals surface area contributed by atoms with Crippen molar-refractivity contribution in [1.82, 2.24) is 14.5 Å². The topological polar surface area (TPSA) is 59.4 Å². The number of nitrogens with zero attached hydrogens (tertiary/aromatic N) is 3. The summed E-state index contributed by atoms with van der Waals surface area (Å²) in [7, 11) is 0. The number of rotatable bonds is 2. The molecule has 2 aliphatic rings. The summed E-state index contributed by atoms with van der Waals surface area (Å²) in [6.07, 6.45) is 0. The maximum atomic E-state index is 13.6. The van der Waals surface area contributed by atoms with Crippen molar-refractivity contribution in [1.29, 1.82) is 0 Å². The lowest BCUT2D eigenvalue weighted by atomic mass is 9.93. The Kier molecular flexibility index (Phi) is 4.53. The van der Waals surface area contributed by atoms with Gasteiger partial charge in [-0.15, -0.1) is 0 Å². The molecule has 1 fully saturated rings. The van der Waals surface area contributed by atoms with E-state index in [2.05, 4.69) is 9.88 Å². The average Bonchev–Trinajstić information content (AvgIpc) is 3.11. The number of carbonyl (C=O) groups is 1. The van der Waals surface area contributed by atoms with Crippen LogP contribution in [-0.2, 0) is 9.53 Å². The van der Waals surface area contributed by atoms with Crippen molar-refractivity contribution in [2.75, 3.05) is 31.6 Å². The number of morpholine rings is 1. The Morgan fingerprint density at radius 1 is 1.14 bits per heavy atom. The highest BCUT2D eigenvalue weighted by Crippen LogP contribution is 2.41. The van der Waals surface area contributed by atoms with Gasteiger partial charge in [0.05, 0.1) is 35.9 Å². The summed E-state index contributed by atoms with van der Waals surface area (Å²) in [4.78, 5) is 20.2. The van der Waals surface area contributed by atoms with Crippen LogP contribution in [0.25, 0.3) is 11.0 Å². The van der Waals surface area contributed by atoms with E-state index >= 15 is 0 Å². The SMILES string of the molecule is CC1=C(C(=O)N2CCOCC2)[C@H](c2ccccc2Cl)n2c(nc3ccccc32)N1. The average molecular weight is 409 g/mol. The van der Waals surface area contributed by atoms with Gasteiger partial charge in [0, 0.05) is 23.8 Å². The smallest absolute Gasteiger partial charge is 0.254 e. The third-order valence-electron chi connectivity index (χ3n) is 5.56. The number of benzene rings is 2. The number of fused-ring (bicyclic) bond motifs is 3. The molecule has 1 aromatic heterocycles.